The van der Waals surface area contributed by atoms with E-state index in [1.807, 2.05) is 4.90 Å². The molecule has 3 heteroatoms. The second kappa shape index (κ2) is 4.35. The molecule has 4 rings (SSSR count). The molecule has 3 aromatic rings. The van der Waals surface area contributed by atoms with E-state index >= 15 is 0 Å². The van der Waals surface area contributed by atoms with E-state index in [-0.39, 0.29) is 5.91 Å². The van der Waals surface area contributed by atoms with Crippen molar-refractivity contribution in [1.29, 1.82) is 0 Å². The fraction of sp³-hybridized carbons (Fsp3) is 0.278. The first kappa shape index (κ1) is 12.5. The van der Waals surface area contributed by atoms with Crippen molar-refractivity contribution in [2.75, 3.05) is 11.4 Å². The molecule has 2 heterocycles. The van der Waals surface area contributed by atoms with Crippen LogP contribution in [-0.4, -0.2) is 17.0 Å². The van der Waals surface area contributed by atoms with Crippen molar-refractivity contribution in [2.24, 2.45) is 7.05 Å². The quantitative estimate of drug-likeness (QED) is 0.665. The highest BCUT2D eigenvalue weighted by Crippen LogP contribution is 2.34. The second-order valence-corrected chi connectivity index (χ2v) is 5.88. The van der Waals surface area contributed by atoms with Gasteiger partial charge in [-0.25, -0.2) is 0 Å². The molecule has 1 amide bonds. The summed E-state index contributed by atoms with van der Waals surface area (Å²) in [5, 5.41) is 2.49. The number of para-hydroxylation sites is 1. The summed E-state index contributed by atoms with van der Waals surface area (Å²) in [7, 11) is 2.11. The van der Waals surface area contributed by atoms with E-state index in [9.17, 15) is 4.79 Å². The van der Waals surface area contributed by atoms with Crippen LogP contribution in [0.15, 0.2) is 36.4 Å². The summed E-state index contributed by atoms with van der Waals surface area (Å²) in [5.41, 5.74) is 4.76. The summed E-state index contributed by atoms with van der Waals surface area (Å²) in [4.78, 5) is 13.9. The number of hydrogen-bond donors (Lipinski definition) is 0. The van der Waals surface area contributed by atoms with Gasteiger partial charge in [-0.2, -0.15) is 0 Å². The molecule has 2 aromatic carbocycles. The predicted octanol–water partition coefficient (Wildman–Crippen LogP) is 3.77. The lowest BCUT2D eigenvalue weighted by atomic mass is 10.1. The molecule has 106 valence electrons. The Kier molecular flexibility index (Phi) is 2.58. The van der Waals surface area contributed by atoms with E-state index in [0.717, 1.165) is 18.7 Å². The predicted molar refractivity (Wildman–Crippen MR) is 86.7 cm³/mol. The van der Waals surface area contributed by atoms with Gasteiger partial charge in [-0.3, -0.25) is 4.79 Å². The van der Waals surface area contributed by atoms with Gasteiger partial charge in [0.1, 0.15) is 0 Å². The number of carbonyl (C=O) groups excluding carboxylic acids is 1. The van der Waals surface area contributed by atoms with Crippen molar-refractivity contribution in [3.8, 4) is 0 Å². The minimum atomic E-state index is 0.244. The summed E-state index contributed by atoms with van der Waals surface area (Å²) in [5.74, 6) is 0.244. The summed E-state index contributed by atoms with van der Waals surface area (Å²) < 4.78 is 2.25. The number of benzene rings is 2. The highest BCUT2D eigenvalue weighted by atomic mass is 16.2. The van der Waals surface area contributed by atoms with Crippen LogP contribution in [0.3, 0.4) is 0 Å². The van der Waals surface area contributed by atoms with Gasteiger partial charge in [0.25, 0.3) is 0 Å². The summed E-state index contributed by atoms with van der Waals surface area (Å²) in [6.45, 7) is 2.97. The molecule has 0 aliphatic carbocycles. The first-order chi connectivity index (χ1) is 10.2. The minimum Gasteiger partial charge on any atom is -0.343 e. The van der Waals surface area contributed by atoms with E-state index in [2.05, 4.69) is 54.9 Å². The molecular formula is C18H18N2O. The Balaban J connectivity index is 2.05. The molecule has 1 aliphatic rings. The number of rotatable bonds is 1. The Hall–Kier alpha value is -2.29. The summed E-state index contributed by atoms with van der Waals surface area (Å²) in [6, 6.07) is 12.8. The zero-order valence-electron chi connectivity index (χ0n) is 12.4. The van der Waals surface area contributed by atoms with Crippen LogP contribution in [-0.2, 0) is 11.8 Å². The summed E-state index contributed by atoms with van der Waals surface area (Å²) in [6.07, 6.45) is 1.64. The van der Waals surface area contributed by atoms with Crippen LogP contribution in [0.1, 0.15) is 18.4 Å². The largest absolute Gasteiger partial charge is 0.343 e. The van der Waals surface area contributed by atoms with Gasteiger partial charge in [0, 0.05) is 42.0 Å². The fourth-order valence-corrected chi connectivity index (χ4v) is 3.60. The van der Waals surface area contributed by atoms with Crippen LogP contribution in [0.2, 0.25) is 0 Å². The third kappa shape index (κ3) is 1.70. The summed E-state index contributed by atoms with van der Waals surface area (Å²) >= 11 is 0. The van der Waals surface area contributed by atoms with Gasteiger partial charge >= 0.3 is 0 Å². The molecule has 3 nitrogen and oxygen atoms in total. The molecule has 1 aromatic heterocycles. The van der Waals surface area contributed by atoms with Crippen LogP contribution in [0.4, 0.5) is 5.69 Å². The Morgan fingerprint density at radius 3 is 2.67 bits per heavy atom. The van der Waals surface area contributed by atoms with Crippen LogP contribution in [0, 0.1) is 6.92 Å². The maximum atomic E-state index is 12.0. The Labute approximate surface area is 123 Å². The normalized spacial score (nSPS) is 15.5. The van der Waals surface area contributed by atoms with Gasteiger partial charge in [-0.05, 0) is 37.1 Å². The van der Waals surface area contributed by atoms with Crippen molar-refractivity contribution < 1.29 is 4.79 Å². The monoisotopic (exact) mass is 278 g/mol. The third-order valence-electron chi connectivity index (χ3n) is 4.56. The average molecular weight is 278 g/mol. The molecule has 0 N–H and O–H groups in total. The van der Waals surface area contributed by atoms with E-state index < -0.39 is 0 Å². The molecule has 0 unspecified atom stereocenters. The van der Waals surface area contributed by atoms with Crippen LogP contribution in [0.5, 0.6) is 0 Å². The maximum absolute atomic E-state index is 12.0. The second-order valence-electron chi connectivity index (χ2n) is 5.88. The molecule has 0 saturated carbocycles. The number of aromatic nitrogens is 1. The zero-order chi connectivity index (χ0) is 14.6. The SMILES string of the molecule is Cc1cc(N2CCCC2=O)cc2c3ccccc3n(C)c12. The first-order valence-corrected chi connectivity index (χ1v) is 7.45. The number of hydrogen-bond acceptors (Lipinski definition) is 1. The molecule has 1 saturated heterocycles. The zero-order valence-corrected chi connectivity index (χ0v) is 12.4. The number of anilines is 1. The van der Waals surface area contributed by atoms with Gasteiger partial charge in [0.15, 0.2) is 0 Å². The molecule has 1 aliphatic heterocycles. The Morgan fingerprint density at radius 1 is 1.10 bits per heavy atom. The van der Waals surface area contributed by atoms with Gasteiger partial charge in [0.05, 0.1) is 5.52 Å². The standard InChI is InChI=1S/C18H18N2O/c1-12-10-13(20-9-5-8-17(20)21)11-15-14-6-3-4-7-16(14)19(2)18(12)15/h3-4,6-7,10-11H,5,8-9H2,1-2H3. The number of amides is 1. The van der Waals surface area contributed by atoms with E-state index in [0.29, 0.717) is 6.42 Å². The van der Waals surface area contributed by atoms with Crippen LogP contribution in [0.25, 0.3) is 21.8 Å². The lowest BCUT2D eigenvalue weighted by Gasteiger charge is -2.17. The van der Waals surface area contributed by atoms with Crippen molar-refractivity contribution in [3.63, 3.8) is 0 Å². The topological polar surface area (TPSA) is 25.2 Å². The first-order valence-electron chi connectivity index (χ1n) is 7.45. The Bertz CT molecular complexity index is 876. The van der Waals surface area contributed by atoms with Crippen molar-refractivity contribution >= 4 is 33.4 Å². The van der Waals surface area contributed by atoms with Crippen molar-refractivity contribution in [3.05, 3.63) is 42.0 Å². The van der Waals surface area contributed by atoms with Gasteiger partial charge < -0.3 is 9.47 Å². The van der Waals surface area contributed by atoms with Gasteiger partial charge in [-0.1, -0.05) is 18.2 Å². The maximum Gasteiger partial charge on any atom is 0.227 e. The third-order valence-corrected chi connectivity index (χ3v) is 4.56. The lowest BCUT2D eigenvalue weighted by Crippen LogP contribution is -2.23. The highest BCUT2D eigenvalue weighted by molar-refractivity contribution is 6.11. The van der Waals surface area contributed by atoms with Gasteiger partial charge in [-0.15, -0.1) is 0 Å². The lowest BCUT2D eigenvalue weighted by molar-refractivity contribution is -0.117. The number of aryl methyl sites for hydroxylation is 2. The Morgan fingerprint density at radius 2 is 1.90 bits per heavy atom. The number of nitrogens with zero attached hydrogens (tertiary/aromatic N) is 2. The number of carbonyl (C=O) groups is 1. The van der Waals surface area contributed by atoms with Crippen LogP contribution >= 0.6 is 0 Å². The fourth-order valence-electron chi connectivity index (χ4n) is 3.60. The average Bonchev–Trinajstić information content (AvgIpc) is 3.03. The molecule has 1 fully saturated rings. The highest BCUT2D eigenvalue weighted by Gasteiger charge is 2.23. The van der Waals surface area contributed by atoms with Crippen LogP contribution < -0.4 is 4.90 Å². The van der Waals surface area contributed by atoms with Crippen molar-refractivity contribution in [2.45, 2.75) is 19.8 Å². The van der Waals surface area contributed by atoms with E-state index in [1.165, 1.54) is 27.4 Å². The van der Waals surface area contributed by atoms with Crippen molar-refractivity contribution in [1.82, 2.24) is 4.57 Å². The molecular weight excluding hydrogens is 260 g/mol. The molecule has 0 radical (unpaired) electrons. The molecule has 0 bridgehead atoms. The molecule has 21 heavy (non-hydrogen) atoms. The minimum absolute atomic E-state index is 0.244. The number of fused-ring (bicyclic) bond motifs is 3. The smallest absolute Gasteiger partial charge is 0.227 e. The molecule has 0 atom stereocenters. The van der Waals surface area contributed by atoms with E-state index in [1.54, 1.807) is 0 Å². The van der Waals surface area contributed by atoms with E-state index in [4.69, 9.17) is 0 Å². The molecule has 0 spiro atoms. The van der Waals surface area contributed by atoms with Gasteiger partial charge in [0.2, 0.25) is 5.91 Å².